The summed E-state index contributed by atoms with van der Waals surface area (Å²) in [5.41, 5.74) is 0. The monoisotopic (exact) mass is 429 g/mol. The van der Waals surface area contributed by atoms with E-state index in [1.54, 1.807) is 17.0 Å². The summed E-state index contributed by atoms with van der Waals surface area (Å²) in [4.78, 5) is 18.5. The number of ether oxygens (including phenoxy) is 2. The van der Waals surface area contributed by atoms with E-state index in [1.165, 1.54) is 36.4 Å². The van der Waals surface area contributed by atoms with Crippen molar-refractivity contribution in [3.63, 3.8) is 0 Å². The first-order chi connectivity index (χ1) is 15.1. The number of hydrogen-bond acceptors (Lipinski definition) is 6. The number of benzene rings is 2. The summed E-state index contributed by atoms with van der Waals surface area (Å²) in [7, 11) is 0. The molecule has 1 aliphatic rings. The van der Waals surface area contributed by atoms with Gasteiger partial charge in [-0.25, -0.2) is 8.78 Å². The number of carbonyl (C=O) groups excluding carboxylic acids is 1. The van der Waals surface area contributed by atoms with Crippen LogP contribution in [0, 0.1) is 11.6 Å². The fourth-order valence-corrected chi connectivity index (χ4v) is 3.28. The van der Waals surface area contributed by atoms with E-state index in [-0.39, 0.29) is 30.1 Å². The Balaban J connectivity index is 1.22. The summed E-state index contributed by atoms with van der Waals surface area (Å²) in [6.07, 6.45) is 1.16. The Kier molecular flexibility index (Phi) is 6.40. The summed E-state index contributed by atoms with van der Waals surface area (Å²) in [6.45, 7) is 1.26. The van der Waals surface area contributed by atoms with Crippen molar-refractivity contribution in [3.05, 3.63) is 71.9 Å². The molecule has 9 heteroatoms. The van der Waals surface area contributed by atoms with Crippen LogP contribution in [0.25, 0.3) is 0 Å². The van der Waals surface area contributed by atoms with Gasteiger partial charge >= 0.3 is 0 Å². The predicted octanol–water partition coefficient (Wildman–Crippen LogP) is 3.36. The molecule has 1 aromatic heterocycles. The van der Waals surface area contributed by atoms with Gasteiger partial charge in [0.05, 0.1) is 12.5 Å². The number of aromatic nitrogens is 2. The molecule has 162 valence electrons. The van der Waals surface area contributed by atoms with Crippen molar-refractivity contribution in [1.82, 2.24) is 15.0 Å². The third-order valence-electron chi connectivity index (χ3n) is 4.96. The number of carbonyl (C=O) groups is 1. The zero-order chi connectivity index (χ0) is 21.6. The molecule has 1 atom stereocenters. The topological polar surface area (TPSA) is 77.7 Å². The van der Waals surface area contributed by atoms with Gasteiger partial charge in [-0.05, 0) is 55.0 Å². The highest BCUT2D eigenvalue weighted by Gasteiger charge is 2.31. The Morgan fingerprint density at radius 1 is 1.03 bits per heavy atom. The van der Waals surface area contributed by atoms with Crippen LogP contribution in [0.5, 0.6) is 11.5 Å². The van der Waals surface area contributed by atoms with Gasteiger partial charge in [-0.1, -0.05) is 5.16 Å². The predicted molar refractivity (Wildman–Crippen MR) is 106 cm³/mol. The SMILES string of the molecule is O=C(COc1ccc(F)cc1)N1CCC(c2nc(CCOc3ccc(F)cc3)no2)C1. The van der Waals surface area contributed by atoms with Gasteiger partial charge in [-0.15, -0.1) is 0 Å². The van der Waals surface area contributed by atoms with E-state index in [2.05, 4.69) is 10.1 Å². The maximum atomic E-state index is 12.9. The highest BCUT2D eigenvalue weighted by Crippen LogP contribution is 2.26. The van der Waals surface area contributed by atoms with Crippen molar-refractivity contribution in [2.45, 2.75) is 18.8 Å². The average Bonchev–Trinajstić information content (AvgIpc) is 3.44. The molecule has 7 nitrogen and oxygen atoms in total. The second-order valence-electron chi connectivity index (χ2n) is 7.17. The Morgan fingerprint density at radius 2 is 1.68 bits per heavy atom. The molecular formula is C22H21F2N3O4. The zero-order valence-corrected chi connectivity index (χ0v) is 16.7. The zero-order valence-electron chi connectivity index (χ0n) is 16.7. The molecule has 2 heterocycles. The maximum Gasteiger partial charge on any atom is 0.260 e. The summed E-state index contributed by atoms with van der Waals surface area (Å²) in [5.74, 6) is 1.15. The van der Waals surface area contributed by atoms with Gasteiger partial charge in [-0.2, -0.15) is 4.98 Å². The van der Waals surface area contributed by atoms with Crippen LogP contribution in [-0.2, 0) is 11.2 Å². The molecule has 0 N–H and O–H groups in total. The Hall–Kier alpha value is -3.49. The van der Waals surface area contributed by atoms with Crippen LogP contribution >= 0.6 is 0 Å². The van der Waals surface area contributed by atoms with Gasteiger partial charge in [-0.3, -0.25) is 4.79 Å². The number of halogens is 2. The number of nitrogens with zero attached hydrogens (tertiary/aromatic N) is 3. The molecule has 0 radical (unpaired) electrons. The molecule has 0 bridgehead atoms. The van der Waals surface area contributed by atoms with Gasteiger partial charge in [0.2, 0.25) is 5.89 Å². The lowest BCUT2D eigenvalue weighted by Gasteiger charge is -2.16. The Morgan fingerprint density at radius 3 is 2.35 bits per heavy atom. The minimum Gasteiger partial charge on any atom is -0.493 e. The Labute approximate surface area is 177 Å². The van der Waals surface area contributed by atoms with Crippen LogP contribution < -0.4 is 9.47 Å². The van der Waals surface area contributed by atoms with Crippen molar-refractivity contribution in [2.75, 3.05) is 26.3 Å². The van der Waals surface area contributed by atoms with Crippen molar-refractivity contribution in [3.8, 4) is 11.5 Å². The first-order valence-electron chi connectivity index (χ1n) is 9.94. The second-order valence-corrected chi connectivity index (χ2v) is 7.17. The lowest BCUT2D eigenvalue weighted by atomic mass is 10.1. The summed E-state index contributed by atoms with van der Waals surface area (Å²) in [5, 5.41) is 3.97. The first kappa shape index (κ1) is 20.8. The molecule has 31 heavy (non-hydrogen) atoms. The molecule has 0 spiro atoms. The third-order valence-corrected chi connectivity index (χ3v) is 4.96. The highest BCUT2D eigenvalue weighted by molar-refractivity contribution is 5.78. The van der Waals surface area contributed by atoms with Crippen molar-refractivity contribution in [2.24, 2.45) is 0 Å². The molecule has 4 rings (SSSR count). The molecule has 0 saturated carbocycles. The highest BCUT2D eigenvalue weighted by atomic mass is 19.1. The van der Waals surface area contributed by atoms with E-state index in [4.69, 9.17) is 14.0 Å². The minimum atomic E-state index is -0.359. The van der Waals surface area contributed by atoms with E-state index in [1.807, 2.05) is 0 Å². The van der Waals surface area contributed by atoms with Crippen LogP contribution in [0.2, 0.25) is 0 Å². The van der Waals surface area contributed by atoms with Gasteiger partial charge in [0.1, 0.15) is 23.1 Å². The normalized spacial score (nSPS) is 15.8. The number of amides is 1. The standard InChI is InChI=1S/C22H21F2N3O4/c23-16-1-5-18(6-2-16)29-12-10-20-25-22(31-26-20)15-9-11-27(13-15)21(28)14-30-19-7-3-17(24)4-8-19/h1-8,15H,9-14H2. The van der Waals surface area contributed by atoms with Crippen LogP contribution in [0.3, 0.4) is 0 Å². The van der Waals surface area contributed by atoms with E-state index in [9.17, 15) is 13.6 Å². The van der Waals surface area contributed by atoms with Gasteiger partial charge in [0.15, 0.2) is 12.4 Å². The van der Waals surface area contributed by atoms with E-state index in [0.717, 1.165) is 6.42 Å². The van der Waals surface area contributed by atoms with Gasteiger partial charge in [0, 0.05) is 19.5 Å². The summed E-state index contributed by atoms with van der Waals surface area (Å²) >= 11 is 0. The molecule has 3 aromatic rings. The lowest BCUT2D eigenvalue weighted by molar-refractivity contribution is -0.132. The minimum absolute atomic E-state index is 0.0333. The van der Waals surface area contributed by atoms with Gasteiger partial charge < -0.3 is 18.9 Å². The molecule has 0 aliphatic carbocycles. The number of rotatable bonds is 8. The maximum absolute atomic E-state index is 12.9. The molecule has 1 unspecified atom stereocenters. The van der Waals surface area contributed by atoms with Gasteiger partial charge in [0.25, 0.3) is 5.91 Å². The van der Waals surface area contributed by atoms with Crippen LogP contribution in [0.15, 0.2) is 53.1 Å². The lowest BCUT2D eigenvalue weighted by Crippen LogP contribution is -2.32. The second kappa shape index (κ2) is 9.55. The van der Waals surface area contributed by atoms with E-state index in [0.29, 0.717) is 49.3 Å². The van der Waals surface area contributed by atoms with Crippen molar-refractivity contribution < 1.29 is 27.6 Å². The van der Waals surface area contributed by atoms with E-state index < -0.39 is 0 Å². The number of hydrogen-bond donors (Lipinski definition) is 0. The van der Waals surface area contributed by atoms with E-state index >= 15 is 0 Å². The third kappa shape index (κ3) is 5.56. The summed E-state index contributed by atoms with van der Waals surface area (Å²) < 4.78 is 42.2. The van der Waals surface area contributed by atoms with Crippen LogP contribution in [0.4, 0.5) is 8.78 Å². The average molecular weight is 429 g/mol. The quantitative estimate of drug-likeness (QED) is 0.547. The van der Waals surface area contributed by atoms with Crippen LogP contribution in [0.1, 0.15) is 24.1 Å². The molecule has 1 aliphatic heterocycles. The molecule has 1 fully saturated rings. The molecule has 1 amide bonds. The largest absolute Gasteiger partial charge is 0.493 e. The first-order valence-corrected chi connectivity index (χ1v) is 9.94. The number of likely N-dealkylation sites (tertiary alicyclic amines) is 1. The smallest absolute Gasteiger partial charge is 0.260 e. The van der Waals surface area contributed by atoms with Crippen molar-refractivity contribution >= 4 is 5.91 Å². The van der Waals surface area contributed by atoms with Crippen LogP contribution in [-0.4, -0.2) is 47.3 Å². The molecule has 1 saturated heterocycles. The fourth-order valence-electron chi connectivity index (χ4n) is 3.28. The van der Waals surface area contributed by atoms with Crippen molar-refractivity contribution in [1.29, 1.82) is 0 Å². The molecule has 2 aromatic carbocycles. The fraction of sp³-hybridized carbons (Fsp3) is 0.318. The molecular weight excluding hydrogens is 408 g/mol. The Bertz CT molecular complexity index is 1010. The summed E-state index contributed by atoms with van der Waals surface area (Å²) in [6, 6.07) is 11.3.